The van der Waals surface area contributed by atoms with Gasteiger partial charge in [-0.15, -0.1) is 0 Å². The number of hydrogen-bond acceptors (Lipinski definition) is 3. The molecule has 18 heavy (non-hydrogen) atoms. The van der Waals surface area contributed by atoms with Gasteiger partial charge >= 0.3 is 7.12 Å². The van der Waals surface area contributed by atoms with Gasteiger partial charge in [-0.1, -0.05) is 6.08 Å². The lowest BCUT2D eigenvalue weighted by molar-refractivity contribution is 0.00578. The maximum Gasteiger partial charge on any atom is 0.490 e. The minimum absolute atomic E-state index is 0.414. The van der Waals surface area contributed by atoms with Crippen LogP contribution in [0.4, 0.5) is 8.78 Å². The summed E-state index contributed by atoms with van der Waals surface area (Å²) in [5.41, 5.74) is 4.22. The molecule has 0 spiro atoms. The predicted octanol–water partition coefficient (Wildman–Crippen LogP) is 2.43. The molecule has 1 heterocycles. The van der Waals surface area contributed by atoms with Gasteiger partial charge in [0.2, 0.25) is 0 Å². The van der Waals surface area contributed by atoms with Crippen LogP contribution in [0.5, 0.6) is 0 Å². The van der Waals surface area contributed by atoms with E-state index >= 15 is 0 Å². The Morgan fingerprint density at radius 1 is 1.11 bits per heavy atom. The lowest BCUT2D eigenvalue weighted by Gasteiger charge is -2.32. The Morgan fingerprint density at radius 3 is 2.06 bits per heavy atom. The topological polar surface area (TPSA) is 44.5 Å². The zero-order chi connectivity index (χ0) is 13.8. The second-order valence-electron chi connectivity index (χ2n) is 5.83. The molecule has 0 aromatic heterocycles. The van der Waals surface area contributed by atoms with Gasteiger partial charge < -0.3 is 15.0 Å². The second-order valence-corrected chi connectivity index (χ2v) is 5.83. The molecule has 0 radical (unpaired) electrons. The van der Waals surface area contributed by atoms with Gasteiger partial charge in [-0.25, -0.2) is 0 Å². The third kappa shape index (κ3) is 2.08. The van der Waals surface area contributed by atoms with E-state index < -0.39 is 36.4 Å². The highest BCUT2D eigenvalue weighted by atomic mass is 19.3. The van der Waals surface area contributed by atoms with E-state index in [2.05, 4.69) is 0 Å². The van der Waals surface area contributed by atoms with Crippen LogP contribution < -0.4 is 5.73 Å². The molecule has 0 amide bonds. The maximum absolute atomic E-state index is 13.5. The Bertz CT molecular complexity index is 414. The Kier molecular flexibility index (Phi) is 2.87. The molecule has 2 aliphatic rings. The minimum Gasteiger partial charge on any atom is -0.400 e. The van der Waals surface area contributed by atoms with Crippen LogP contribution in [0, 0.1) is 0 Å². The van der Waals surface area contributed by atoms with Crippen LogP contribution in [0.15, 0.2) is 23.3 Å². The highest BCUT2D eigenvalue weighted by Crippen LogP contribution is 2.42. The van der Waals surface area contributed by atoms with E-state index in [1.165, 1.54) is 6.08 Å². The fourth-order valence-corrected chi connectivity index (χ4v) is 1.89. The lowest BCUT2D eigenvalue weighted by Crippen LogP contribution is -2.41. The summed E-state index contributed by atoms with van der Waals surface area (Å²) in [6.07, 6.45) is 2.34. The average Bonchev–Trinajstić information content (AvgIpc) is 2.41. The summed E-state index contributed by atoms with van der Waals surface area (Å²) >= 11 is 0. The average molecular weight is 257 g/mol. The number of allylic oxidation sites excluding steroid dienone is 4. The number of halogens is 2. The van der Waals surface area contributed by atoms with Crippen molar-refractivity contribution in [2.75, 3.05) is 0 Å². The molecule has 2 rings (SSSR count). The molecule has 0 aromatic carbocycles. The molecule has 1 saturated heterocycles. The highest BCUT2D eigenvalue weighted by Gasteiger charge is 2.54. The fourth-order valence-electron chi connectivity index (χ4n) is 1.89. The molecule has 0 aromatic rings. The first-order chi connectivity index (χ1) is 8.05. The minimum atomic E-state index is -3.02. The first-order valence-electron chi connectivity index (χ1n) is 5.95. The van der Waals surface area contributed by atoms with Crippen LogP contribution in [-0.2, 0) is 9.31 Å². The summed E-state index contributed by atoms with van der Waals surface area (Å²) < 4.78 is 38.6. The highest BCUT2D eigenvalue weighted by molar-refractivity contribution is 6.54. The van der Waals surface area contributed by atoms with Crippen molar-refractivity contribution in [1.29, 1.82) is 0 Å². The van der Waals surface area contributed by atoms with Crippen molar-refractivity contribution in [3.05, 3.63) is 23.3 Å². The predicted molar refractivity (Wildman–Crippen MR) is 66.0 cm³/mol. The third-order valence-electron chi connectivity index (χ3n) is 3.88. The van der Waals surface area contributed by atoms with Crippen LogP contribution in [0.1, 0.15) is 34.1 Å². The first-order valence-corrected chi connectivity index (χ1v) is 5.95. The van der Waals surface area contributed by atoms with Crippen molar-refractivity contribution in [3.8, 4) is 0 Å². The Hall–Kier alpha value is -0.875. The van der Waals surface area contributed by atoms with E-state index in [1.807, 2.05) is 27.7 Å². The van der Waals surface area contributed by atoms with Crippen molar-refractivity contribution in [3.63, 3.8) is 0 Å². The number of rotatable bonds is 1. The van der Waals surface area contributed by atoms with Crippen molar-refractivity contribution in [2.24, 2.45) is 5.73 Å². The summed E-state index contributed by atoms with van der Waals surface area (Å²) in [7, 11) is -0.731. The molecule has 0 atom stereocenters. The quantitative estimate of drug-likeness (QED) is 0.733. The Balaban J connectivity index is 2.22. The molecule has 1 fully saturated rings. The van der Waals surface area contributed by atoms with Crippen LogP contribution >= 0.6 is 0 Å². The normalized spacial score (nSPS) is 28.9. The monoisotopic (exact) mass is 257 g/mol. The van der Waals surface area contributed by atoms with Gasteiger partial charge in [-0.2, -0.15) is 8.78 Å². The van der Waals surface area contributed by atoms with Gasteiger partial charge in [-0.05, 0) is 39.2 Å². The standard InChI is InChI=1S/C12H18BF2NO2/c1-10(2)11(3,4)18-13(17-10)8-5-6-9(16)12(14,15)7-8/h5-6H,7,16H2,1-4H3. The molecule has 6 heteroatoms. The van der Waals surface area contributed by atoms with Gasteiger partial charge in [0.1, 0.15) is 0 Å². The summed E-state index contributed by atoms with van der Waals surface area (Å²) in [4.78, 5) is 0. The largest absolute Gasteiger partial charge is 0.490 e. The van der Waals surface area contributed by atoms with Gasteiger partial charge in [0, 0.05) is 6.42 Å². The molecule has 1 aliphatic carbocycles. The number of hydrogen-bond donors (Lipinski definition) is 1. The Labute approximate surface area is 106 Å². The fraction of sp³-hybridized carbons (Fsp3) is 0.667. The van der Waals surface area contributed by atoms with Crippen molar-refractivity contribution < 1.29 is 18.1 Å². The Morgan fingerprint density at radius 2 is 1.61 bits per heavy atom. The molecule has 0 saturated carbocycles. The van der Waals surface area contributed by atoms with E-state index in [0.717, 1.165) is 0 Å². The van der Waals surface area contributed by atoms with Gasteiger partial charge in [0.25, 0.3) is 5.92 Å². The van der Waals surface area contributed by atoms with E-state index in [4.69, 9.17) is 15.0 Å². The van der Waals surface area contributed by atoms with E-state index in [0.29, 0.717) is 5.47 Å². The van der Waals surface area contributed by atoms with Gasteiger partial charge in [-0.3, -0.25) is 0 Å². The smallest absolute Gasteiger partial charge is 0.400 e. The first kappa shape index (κ1) is 13.6. The SMILES string of the molecule is CC1(C)OB(C2=CC=C(N)C(F)(F)C2)OC1(C)C. The maximum atomic E-state index is 13.5. The molecule has 0 bridgehead atoms. The van der Waals surface area contributed by atoms with E-state index in [-0.39, 0.29) is 0 Å². The van der Waals surface area contributed by atoms with E-state index in [9.17, 15) is 8.78 Å². The van der Waals surface area contributed by atoms with Gasteiger partial charge in [0.15, 0.2) is 0 Å². The molecule has 3 nitrogen and oxygen atoms in total. The molecule has 1 aliphatic heterocycles. The number of alkyl halides is 2. The second kappa shape index (κ2) is 3.81. The van der Waals surface area contributed by atoms with Crippen molar-refractivity contribution >= 4 is 7.12 Å². The summed E-state index contributed by atoms with van der Waals surface area (Å²) in [5, 5.41) is 0. The number of nitrogens with two attached hydrogens (primary N) is 1. The zero-order valence-electron chi connectivity index (χ0n) is 11.1. The van der Waals surface area contributed by atoms with Gasteiger partial charge in [0.05, 0.1) is 16.9 Å². The molecular weight excluding hydrogens is 239 g/mol. The van der Waals surface area contributed by atoms with Crippen molar-refractivity contribution in [1.82, 2.24) is 0 Å². The third-order valence-corrected chi connectivity index (χ3v) is 3.88. The summed E-state index contributed by atoms with van der Waals surface area (Å²) in [6.45, 7) is 7.55. The van der Waals surface area contributed by atoms with Crippen LogP contribution in [0.25, 0.3) is 0 Å². The van der Waals surface area contributed by atoms with E-state index in [1.54, 1.807) is 6.08 Å². The van der Waals surface area contributed by atoms with Crippen LogP contribution in [-0.4, -0.2) is 24.2 Å². The molecule has 100 valence electrons. The molecular formula is C12H18BF2NO2. The summed E-state index contributed by atoms with van der Waals surface area (Å²) in [5.74, 6) is -3.02. The molecule has 0 unspecified atom stereocenters. The van der Waals surface area contributed by atoms with Crippen LogP contribution in [0.2, 0.25) is 0 Å². The van der Waals surface area contributed by atoms with Crippen LogP contribution in [0.3, 0.4) is 0 Å². The van der Waals surface area contributed by atoms with Crippen molar-refractivity contribution in [2.45, 2.75) is 51.2 Å². The molecule has 2 N–H and O–H groups in total. The zero-order valence-corrected chi connectivity index (χ0v) is 11.1. The lowest BCUT2D eigenvalue weighted by atomic mass is 9.72. The summed E-state index contributed by atoms with van der Waals surface area (Å²) in [6, 6.07) is 0.